The van der Waals surface area contributed by atoms with Gasteiger partial charge in [-0.05, 0) is 35.0 Å². The van der Waals surface area contributed by atoms with Gasteiger partial charge in [-0.25, -0.2) is 0 Å². The van der Waals surface area contributed by atoms with Crippen LogP contribution in [0.1, 0.15) is 11.7 Å². The maximum absolute atomic E-state index is 8.30. The van der Waals surface area contributed by atoms with Crippen LogP contribution in [-0.2, 0) is 0 Å². The van der Waals surface area contributed by atoms with Crippen LogP contribution in [0.3, 0.4) is 0 Å². The molecule has 0 aliphatic heterocycles. The van der Waals surface area contributed by atoms with Crippen LogP contribution in [0.4, 0.5) is 0 Å². The molecule has 15 heavy (non-hydrogen) atoms. The summed E-state index contributed by atoms with van der Waals surface area (Å²) in [6, 6.07) is 7.32. The fraction of sp³-hybridized carbons (Fsp3) is 0.250. The van der Waals surface area contributed by atoms with Gasteiger partial charge in [-0.3, -0.25) is 0 Å². The average Bonchev–Trinajstić information content (AvgIpc) is 2.29. The van der Waals surface area contributed by atoms with Gasteiger partial charge in [-0.15, -0.1) is 11.8 Å². The molecule has 0 bridgehead atoms. The lowest BCUT2D eigenvalue weighted by Gasteiger charge is -2.04. The van der Waals surface area contributed by atoms with Gasteiger partial charge in [0.15, 0.2) is 0 Å². The predicted molar refractivity (Wildman–Crippen MR) is 59.3 cm³/mol. The van der Waals surface area contributed by atoms with Crippen molar-refractivity contribution in [1.29, 1.82) is 0 Å². The Bertz CT molecular complexity index is 397. The highest BCUT2D eigenvalue weighted by Crippen LogP contribution is 2.22. The Morgan fingerprint density at radius 2 is 1.67 bits per heavy atom. The third kappa shape index (κ3) is 3.11. The van der Waals surface area contributed by atoms with Crippen LogP contribution in [0.25, 0.3) is 20.9 Å². The summed E-state index contributed by atoms with van der Waals surface area (Å²) in [5, 5.41) is 6.79. The first-order chi connectivity index (χ1) is 7.31. The summed E-state index contributed by atoms with van der Waals surface area (Å²) in [4.78, 5) is 6.35. The number of azide groups is 1. The quantitative estimate of drug-likeness (QED) is 0.325. The lowest BCUT2D eigenvalue weighted by atomic mass is 10.2. The van der Waals surface area contributed by atoms with E-state index in [0.717, 1.165) is 4.90 Å². The van der Waals surface area contributed by atoms with E-state index in [1.165, 1.54) is 0 Å². The summed E-state index contributed by atoms with van der Waals surface area (Å²) in [7, 11) is 0. The highest BCUT2D eigenvalue weighted by Gasteiger charge is 2.05. The zero-order valence-corrected chi connectivity index (χ0v) is 8.79. The predicted octanol–water partition coefficient (Wildman–Crippen LogP) is 4.03. The van der Waals surface area contributed by atoms with Crippen LogP contribution in [0.2, 0.25) is 0 Å². The standard InChI is InChI=1S/C8H8N6S/c1-15-7-4-2-6(3-5-7)8(11-13-9)12-14-10/h2-5,8H,1H3. The summed E-state index contributed by atoms with van der Waals surface area (Å²) >= 11 is 1.61. The largest absolute Gasteiger partial charge is 0.141 e. The summed E-state index contributed by atoms with van der Waals surface area (Å²) in [5.74, 6) is 0. The van der Waals surface area contributed by atoms with Crippen molar-refractivity contribution in [1.82, 2.24) is 0 Å². The number of nitrogens with zero attached hydrogens (tertiary/aromatic N) is 6. The first-order valence-electron chi connectivity index (χ1n) is 4.04. The van der Waals surface area contributed by atoms with Gasteiger partial charge in [0.25, 0.3) is 0 Å². The molecule has 1 aromatic carbocycles. The monoisotopic (exact) mass is 220 g/mol. The molecule has 7 heteroatoms. The topological polar surface area (TPSA) is 97.5 Å². The van der Waals surface area contributed by atoms with Gasteiger partial charge in [0, 0.05) is 14.7 Å². The van der Waals surface area contributed by atoms with Gasteiger partial charge < -0.3 is 0 Å². The molecule has 1 rings (SSSR count). The van der Waals surface area contributed by atoms with Gasteiger partial charge in [0.2, 0.25) is 0 Å². The Morgan fingerprint density at radius 1 is 1.13 bits per heavy atom. The third-order valence-electron chi connectivity index (χ3n) is 1.74. The third-order valence-corrected chi connectivity index (χ3v) is 2.48. The highest BCUT2D eigenvalue weighted by molar-refractivity contribution is 7.98. The second-order valence-electron chi connectivity index (χ2n) is 2.56. The molecule has 6 nitrogen and oxygen atoms in total. The van der Waals surface area contributed by atoms with Crippen LogP contribution >= 0.6 is 11.8 Å². The number of rotatable bonds is 4. The lowest BCUT2D eigenvalue weighted by molar-refractivity contribution is 0.756. The molecule has 1 aromatic rings. The van der Waals surface area contributed by atoms with E-state index in [1.54, 1.807) is 23.9 Å². The fourth-order valence-electron chi connectivity index (χ4n) is 1.03. The molecule has 0 amide bonds. The molecule has 0 aliphatic carbocycles. The molecular weight excluding hydrogens is 212 g/mol. The van der Waals surface area contributed by atoms with E-state index in [2.05, 4.69) is 20.1 Å². The fourth-order valence-corrected chi connectivity index (χ4v) is 1.44. The van der Waals surface area contributed by atoms with E-state index in [-0.39, 0.29) is 0 Å². The Balaban J connectivity index is 3.00. The molecule has 0 saturated heterocycles. The molecule has 0 fully saturated rings. The molecule has 0 spiro atoms. The van der Waals surface area contributed by atoms with Crippen molar-refractivity contribution in [3.05, 3.63) is 50.7 Å². The minimum Gasteiger partial charge on any atom is -0.130 e. The van der Waals surface area contributed by atoms with Crippen LogP contribution in [0.5, 0.6) is 0 Å². The van der Waals surface area contributed by atoms with Crippen molar-refractivity contribution in [2.24, 2.45) is 10.2 Å². The van der Waals surface area contributed by atoms with Crippen LogP contribution in [0.15, 0.2) is 39.4 Å². The maximum atomic E-state index is 8.30. The van der Waals surface area contributed by atoms with Gasteiger partial charge in [-0.2, -0.15) is 0 Å². The van der Waals surface area contributed by atoms with Gasteiger partial charge >= 0.3 is 0 Å². The highest BCUT2D eigenvalue weighted by atomic mass is 32.2. The Kier molecular flexibility index (Phi) is 4.37. The van der Waals surface area contributed by atoms with E-state index >= 15 is 0 Å². The normalized spacial score (nSPS) is 11.0. The van der Waals surface area contributed by atoms with Crippen LogP contribution < -0.4 is 0 Å². The number of hydrogen-bond donors (Lipinski definition) is 0. The molecule has 0 unspecified atom stereocenters. The van der Waals surface area contributed by atoms with Crippen molar-refractivity contribution < 1.29 is 0 Å². The van der Waals surface area contributed by atoms with Crippen molar-refractivity contribution in [2.75, 3.05) is 6.26 Å². The molecule has 0 heterocycles. The van der Waals surface area contributed by atoms with Crippen molar-refractivity contribution in [3.63, 3.8) is 0 Å². The van der Waals surface area contributed by atoms with Gasteiger partial charge in [0.05, 0.1) is 0 Å². The average molecular weight is 220 g/mol. The summed E-state index contributed by atoms with van der Waals surface area (Å²) in [6.07, 6.45) is 1.16. The Labute approximate surface area is 90.6 Å². The summed E-state index contributed by atoms with van der Waals surface area (Å²) < 4.78 is 0. The number of thioether (sulfide) groups is 1. The van der Waals surface area contributed by atoms with Gasteiger partial charge in [0.1, 0.15) is 6.17 Å². The lowest BCUT2D eigenvalue weighted by Crippen LogP contribution is -1.88. The van der Waals surface area contributed by atoms with E-state index in [1.807, 2.05) is 18.4 Å². The SMILES string of the molecule is CSc1ccc(C(N=[N+]=[N-])N=[N+]=[N-])cc1. The van der Waals surface area contributed by atoms with E-state index < -0.39 is 6.17 Å². The summed E-state index contributed by atoms with van der Waals surface area (Å²) in [5.41, 5.74) is 17.3. The minimum atomic E-state index is -0.809. The van der Waals surface area contributed by atoms with Crippen molar-refractivity contribution >= 4 is 11.8 Å². The minimum absolute atomic E-state index is 0.684. The molecule has 0 radical (unpaired) electrons. The van der Waals surface area contributed by atoms with Crippen LogP contribution in [-0.4, -0.2) is 6.26 Å². The Hall–Kier alpha value is -1.81. The second kappa shape index (κ2) is 5.82. The zero-order chi connectivity index (χ0) is 11.1. The molecule has 0 saturated carbocycles. The number of hydrogen-bond acceptors (Lipinski definition) is 3. The molecular formula is C8H8N6S. The molecule has 0 atom stereocenters. The van der Waals surface area contributed by atoms with E-state index in [9.17, 15) is 0 Å². The van der Waals surface area contributed by atoms with Crippen LogP contribution in [0, 0.1) is 0 Å². The summed E-state index contributed by atoms with van der Waals surface area (Å²) in [6.45, 7) is 0. The molecule has 0 aromatic heterocycles. The maximum Gasteiger partial charge on any atom is 0.141 e. The Morgan fingerprint density at radius 3 is 2.07 bits per heavy atom. The van der Waals surface area contributed by atoms with Crippen molar-refractivity contribution in [3.8, 4) is 0 Å². The van der Waals surface area contributed by atoms with Crippen molar-refractivity contribution in [2.45, 2.75) is 11.1 Å². The second-order valence-corrected chi connectivity index (χ2v) is 3.44. The smallest absolute Gasteiger partial charge is 0.130 e. The first kappa shape index (κ1) is 11.3. The molecule has 0 N–H and O–H groups in total. The van der Waals surface area contributed by atoms with Gasteiger partial charge in [-0.1, -0.05) is 22.4 Å². The van der Waals surface area contributed by atoms with E-state index in [0.29, 0.717) is 5.56 Å². The molecule has 0 aliphatic rings. The zero-order valence-electron chi connectivity index (χ0n) is 7.98. The first-order valence-corrected chi connectivity index (χ1v) is 5.26. The molecule has 76 valence electrons. The number of benzene rings is 1. The van der Waals surface area contributed by atoms with E-state index in [4.69, 9.17) is 11.1 Å².